The number of nitrogens with one attached hydrogen (secondary N) is 15. The molecule has 0 aliphatic carbocycles. The molecule has 39 heteroatoms. The molecule has 9 atom stereocenters. The Kier molecular flexibility index (Phi) is 33.0. The van der Waals surface area contributed by atoms with Crippen LogP contribution in [0.3, 0.4) is 0 Å². The van der Waals surface area contributed by atoms with E-state index in [1.165, 1.54) is 116 Å². The number of hydrogen-bond acceptors (Lipinski definition) is 20. The number of likely N-dealkylation sites (tertiary alicyclic amines) is 2. The maximum Gasteiger partial charge on any atom is 0.248 e. The van der Waals surface area contributed by atoms with Crippen molar-refractivity contribution in [3.05, 3.63) is 71.9 Å². The highest BCUT2D eigenvalue weighted by atomic mass is 16.3. The number of nitrogens with two attached hydrogens (primary N) is 2. The van der Waals surface area contributed by atoms with Gasteiger partial charge in [0.05, 0.1) is 31.8 Å². The Morgan fingerprint density at radius 3 is 1.62 bits per heavy atom. The first-order valence-electron chi connectivity index (χ1n) is 38.6. The monoisotopic (exact) mass is 1640 g/mol. The predicted molar refractivity (Wildman–Crippen MR) is 424 cm³/mol. The molecule has 3 aromatic rings. The minimum atomic E-state index is -1.89. The van der Waals surface area contributed by atoms with Crippen molar-refractivity contribution >= 4 is 117 Å². The number of para-hydroxylation sites is 1. The van der Waals surface area contributed by atoms with Crippen LogP contribution >= 0.6 is 0 Å². The number of nitrogens with zero attached hydrogens (tertiary/aromatic N) is 2. The Balaban J connectivity index is 1.10. The fourth-order valence-corrected chi connectivity index (χ4v) is 12.9. The van der Waals surface area contributed by atoms with Gasteiger partial charge in [-0.2, -0.15) is 0 Å². The highest BCUT2D eigenvalue weighted by Crippen LogP contribution is 2.27. The molecule has 117 heavy (non-hydrogen) atoms. The average molecular weight is 1640 g/mol. The molecule has 21 N–H and O–H groups in total. The van der Waals surface area contributed by atoms with Gasteiger partial charge in [-0.25, -0.2) is 0 Å². The molecule has 2 aromatic carbocycles. The van der Waals surface area contributed by atoms with E-state index in [4.69, 9.17) is 11.5 Å². The number of carbonyl (C=O) groups excluding carboxylic acids is 18. The third-order valence-electron chi connectivity index (χ3n) is 20.1. The summed E-state index contributed by atoms with van der Waals surface area (Å²) in [5.41, 5.74) is 0.690. The molecule has 0 saturated carbocycles. The van der Waals surface area contributed by atoms with Crippen LogP contribution in [0, 0.1) is 0 Å². The molecular formula is C78H117N19O20. The maximum atomic E-state index is 14.4. The number of rotatable bonds is 41. The molecule has 2 saturated heterocycles. The lowest BCUT2D eigenvalue weighted by Gasteiger charge is -2.37. The molecular weight excluding hydrogens is 1520 g/mol. The van der Waals surface area contributed by atoms with Crippen LogP contribution in [-0.4, -0.2) is 251 Å². The summed E-state index contributed by atoms with van der Waals surface area (Å²) in [7, 11) is 0. The minimum Gasteiger partial charge on any atom is -0.394 e. The molecule has 39 nitrogen and oxygen atoms in total. The zero-order valence-electron chi connectivity index (χ0n) is 69.3. The first-order valence-corrected chi connectivity index (χ1v) is 38.6. The standard InChI is InChI=1S/C78H117N19O20/c1-17-78(16,94-61(107)51(30-32-56(80)102)88-67(113)74(8,9)91-62(108)52(85-43(3)99)35-45-37-81-49-27-22-21-26-48(45)49)69(115)83-39-58(104)89-73(6,7)66(112)84-42(2)59(105)90-75(10,11)68(114)95-72(4,5)65(111)82-38-57(103)87-50(29-31-55(79)101)60(106)92-77(14,15)71(117)97-40-47(100)36-54(97)64(110)93-76(12,13)70(116)96-33-23-28-53(96)63(109)86-46(41-98)34-44-24-19-18-20-25-44/h18-22,24-27,37,42,46-47,50-54,81,98,100H,17,23,28-36,38-41H2,1-16H3,(H2,79,101)(H2,80,102)(H,82,111)(H,83,115)(H,84,112)(H,85,99)(H,86,109)(H,87,103)(H,88,113)(H,89,104)(H,90,105)(H,91,108)(H,92,106)(H,93,110)(H,94,107)(H,95,114)/t42-,46-,47+,50-,51-,52-,53-,54-,78+/m0/s1. The summed E-state index contributed by atoms with van der Waals surface area (Å²) in [5.74, 6) is -15.1. The fraction of sp³-hybridized carbons (Fsp3) is 0.590. The Morgan fingerprint density at radius 2 is 1.02 bits per heavy atom. The number of fused-ring (bicyclic) bond motifs is 1. The van der Waals surface area contributed by atoms with Crippen LogP contribution in [0.1, 0.15) is 173 Å². The smallest absolute Gasteiger partial charge is 0.248 e. The summed E-state index contributed by atoms with van der Waals surface area (Å²) < 4.78 is 0. The summed E-state index contributed by atoms with van der Waals surface area (Å²) in [6.45, 7) is 18.9. The van der Waals surface area contributed by atoms with Crippen LogP contribution in [0.2, 0.25) is 0 Å². The van der Waals surface area contributed by atoms with Gasteiger partial charge >= 0.3 is 0 Å². The van der Waals surface area contributed by atoms with Crippen LogP contribution in [0.5, 0.6) is 0 Å². The van der Waals surface area contributed by atoms with Crippen molar-refractivity contribution in [2.24, 2.45) is 11.5 Å². The van der Waals surface area contributed by atoms with Gasteiger partial charge in [-0.05, 0) is 153 Å². The van der Waals surface area contributed by atoms with E-state index in [1.807, 2.05) is 54.6 Å². The number of H-pyrrole nitrogens is 1. The number of aromatic amines is 1. The van der Waals surface area contributed by atoms with E-state index in [2.05, 4.69) is 79.4 Å². The Morgan fingerprint density at radius 1 is 0.513 bits per heavy atom. The fourth-order valence-electron chi connectivity index (χ4n) is 12.9. The van der Waals surface area contributed by atoms with E-state index in [0.717, 1.165) is 21.4 Å². The number of amides is 18. The summed E-state index contributed by atoms with van der Waals surface area (Å²) >= 11 is 0. The molecule has 2 aliphatic rings. The van der Waals surface area contributed by atoms with E-state index in [0.29, 0.717) is 24.8 Å². The molecule has 18 amide bonds. The van der Waals surface area contributed by atoms with E-state index in [1.54, 1.807) is 6.20 Å². The SMILES string of the molecule is CC[C@@](C)(NC(=O)[C@H](CCC(N)=O)NC(=O)C(C)(C)NC(=O)[C@H](Cc1c[nH]c2ccccc12)NC(C)=O)C(=O)NCC(=O)NC(C)(C)C(=O)N[C@@H](C)C(=O)NC(C)(C)C(=O)NC(C)(C)C(=O)NCC(=O)N[C@@H](CCC(N)=O)C(=O)NC(C)(C)C(=O)N1C[C@H](O)C[C@H]1C(=O)NC(C)(C)C(=O)N1CCC[C@H]1C(=O)N[C@H](CO)Cc1ccccc1. The van der Waals surface area contributed by atoms with Gasteiger partial charge in [-0.3, -0.25) is 86.3 Å². The summed E-state index contributed by atoms with van der Waals surface area (Å²) in [5, 5.41) is 57.1. The lowest BCUT2D eigenvalue weighted by Crippen LogP contribution is -2.65. The Labute approximate surface area is 678 Å². The van der Waals surface area contributed by atoms with Gasteiger partial charge in [0.25, 0.3) is 0 Å². The molecule has 1 aromatic heterocycles. The zero-order chi connectivity index (χ0) is 88.3. The lowest BCUT2D eigenvalue weighted by molar-refractivity contribution is -0.148. The van der Waals surface area contributed by atoms with Crippen molar-refractivity contribution < 1.29 is 96.5 Å². The number of aromatic nitrogens is 1. The minimum absolute atomic E-state index is 0.0379. The number of aliphatic hydroxyl groups is 2. The van der Waals surface area contributed by atoms with E-state index in [9.17, 15) is 96.5 Å². The van der Waals surface area contributed by atoms with Crippen molar-refractivity contribution in [3.8, 4) is 0 Å². The summed E-state index contributed by atoms with van der Waals surface area (Å²) in [4.78, 5) is 249. The van der Waals surface area contributed by atoms with E-state index in [-0.39, 0.29) is 45.4 Å². The number of hydrogen-bond donors (Lipinski definition) is 19. The van der Waals surface area contributed by atoms with Crippen LogP contribution < -0.4 is 85.9 Å². The van der Waals surface area contributed by atoms with Crippen LogP contribution in [0.4, 0.5) is 0 Å². The average Bonchev–Trinajstić information content (AvgIpc) is 1.66. The van der Waals surface area contributed by atoms with Crippen molar-refractivity contribution in [1.29, 1.82) is 0 Å². The van der Waals surface area contributed by atoms with Gasteiger partial charge in [-0.15, -0.1) is 0 Å². The Hall–Kier alpha value is -11.6. The number of aliphatic hydroxyl groups excluding tert-OH is 2. The third kappa shape index (κ3) is 27.2. The predicted octanol–water partition coefficient (Wildman–Crippen LogP) is -4.22. The van der Waals surface area contributed by atoms with E-state index < -0.39 is 226 Å². The van der Waals surface area contributed by atoms with Crippen LogP contribution in [0.25, 0.3) is 10.9 Å². The number of β-amino-alcohol motifs (C(OH)–C–C–N with tert-alkyl or cyclic N) is 1. The molecule has 2 fully saturated rings. The largest absolute Gasteiger partial charge is 0.394 e. The van der Waals surface area contributed by atoms with Gasteiger partial charge in [-0.1, -0.05) is 55.5 Å². The molecule has 3 heterocycles. The number of carbonyl (C=O) groups is 18. The highest BCUT2D eigenvalue weighted by molar-refractivity contribution is 6.03. The molecule has 2 aliphatic heterocycles. The molecule has 5 rings (SSSR count). The second kappa shape index (κ2) is 40.3. The summed E-state index contributed by atoms with van der Waals surface area (Å²) in [6, 6.07) is 7.93. The van der Waals surface area contributed by atoms with Crippen molar-refractivity contribution in [1.82, 2.24) is 89.2 Å². The third-order valence-corrected chi connectivity index (χ3v) is 20.1. The Bertz CT molecular complexity index is 4230. The van der Waals surface area contributed by atoms with Gasteiger partial charge in [0, 0.05) is 62.8 Å². The van der Waals surface area contributed by atoms with Crippen molar-refractivity contribution in [2.75, 3.05) is 32.8 Å². The van der Waals surface area contributed by atoms with Crippen LogP contribution in [-0.2, 0) is 99.1 Å². The molecule has 644 valence electrons. The summed E-state index contributed by atoms with van der Waals surface area (Å²) in [6.07, 6.45) is -0.363. The van der Waals surface area contributed by atoms with Gasteiger partial charge in [0.1, 0.15) is 75.0 Å². The topological polar surface area (TPSA) is 590 Å². The maximum absolute atomic E-state index is 14.4. The first-order chi connectivity index (χ1) is 54.2. The lowest BCUT2D eigenvalue weighted by atomic mass is 9.95. The van der Waals surface area contributed by atoms with E-state index >= 15 is 0 Å². The molecule has 0 spiro atoms. The first kappa shape index (κ1) is 95.9. The van der Waals surface area contributed by atoms with Crippen molar-refractivity contribution in [2.45, 2.75) is 262 Å². The molecule has 0 unspecified atom stereocenters. The van der Waals surface area contributed by atoms with Gasteiger partial charge < -0.3 is 111 Å². The highest BCUT2D eigenvalue weighted by Gasteiger charge is 2.49. The molecule has 0 radical (unpaired) electrons. The van der Waals surface area contributed by atoms with Gasteiger partial charge in [0.15, 0.2) is 0 Å². The zero-order valence-corrected chi connectivity index (χ0v) is 69.3. The quantitative estimate of drug-likeness (QED) is 0.0256. The second-order valence-electron chi connectivity index (χ2n) is 33.0. The second-order valence-corrected chi connectivity index (χ2v) is 33.0. The normalized spacial score (nSPS) is 16.9. The molecule has 0 bridgehead atoms. The van der Waals surface area contributed by atoms with Crippen LogP contribution in [0.15, 0.2) is 60.8 Å². The number of benzene rings is 2. The van der Waals surface area contributed by atoms with Crippen molar-refractivity contribution in [3.63, 3.8) is 0 Å². The number of primary amides is 2. The van der Waals surface area contributed by atoms with Gasteiger partial charge in [0.2, 0.25) is 106 Å².